The number of hydrogen-bond donors (Lipinski definition) is 2. The third-order valence-electron chi connectivity index (χ3n) is 4.67. The Labute approximate surface area is 141 Å². The number of aliphatic hydroxyl groups is 1. The summed E-state index contributed by atoms with van der Waals surface area (Å²) in [6, 6.07) is 8.45. The molecule has 1 aliphatic carbocycles. The van der Waals surface area contributed by atoms with Crippen molar-refractivity contribution in [3.8, 4) is 0 Å². The summed E-state index contributed by atoms with van der Waals surface area (Å²) < 4.78 is 0. The summed E-state index contributed by atoms with van der Waals surface area (Å²) in [5.74, 6) is 0.737. The fourth-order valence-corrected chi connectivity index (χ4v) is 4.10. The Hall–Kier alpha value is -1.59. The van der Waals surface area contributed by atoms with Crippen LogP contribution in [0.25, 0.3) is 0 Å². The van der Waals surface area contributed by atoms with E-state index in [0.717, 1.165) is 49.8 Å². The molecule has 0 amide bonds. The highest BCUT2D eigenvalue weighted by atomic mass is 32.1. The fourth-order valence-electron chi connectivity index (χ4n) is 3.11. The molecule has 1 saturated heterocycles. The number of anilines is 2. The average molecular weight is 329 g/mol. The van der Waals surface area contributed by atoms with Gasteiger partial charge in [0.1, 0.15) is 0 Å². The van der Waals surface area contributed by atoms with Crippen molar-refractivity contribution < 1.29 is 5.11 Å². The third-order valence-corrected chi connectivity index (χ3v) is 5.72. The quantitative estimate of drug-likeness (QED) is 0.880. The van der Waals surface area contributed by atoms with E-state index in [0.29, 0.717) is 0 Å². The van der Waals surface area contributed by atoms with E-state index >= 15 is 0 Å². The molecule has 2 aromatic rings. The topological polar surface area (TPSA) is 48.4 Å². The first kappa shape index (κ1) is 15.0. The average Bonchev–Trinajstić information content (AvgIpc) is 3.33. The van der Waals surface area contributed by atoms with E-state index in [-0.39, 0.29) is 6.10 Å². The van der Waals surface area contributed by atoms with Crippen LogP contribution in [0.15, 0.2) is 29.6 Å². The van der Waals surface area contributed by atoms with Gasteiger partial charge < -0.3 is 15.3 Å². The minimum atomic E-state index is -0.137. The van der Waals surface area contributed by atoms with Gasteiger partial charge in [-0.2, -0.15) is 0 Å². The lowest BCUT2D eigenvalue weighted by atomic mass is 10.1. The molecule has 122 valence electrons. The minimum Gasteiger partial charge on any atom is -0.393 e. The summed E-state index contributed by atoms with van der Waals surface area (Å²) in [5.41, 5.74) is 3.53. The lowest BCUT2D eigenvalue weighted by molar-refractivity contribution is 0.145. The van der Waals surface area contributed by atoms with Crippen LogP contribution in [0.1, 0.15) is 42.3 Å². The Morgan fingerprint density at radius 1 is 1.17 bits per heavy atom. The van der Waals surface area contributed by atoms with Crippen molar-refractivity contribution >= 4 is 22.7 Å². The number of hydrogen-bond acceptors (Lipinski definition) is 5. The van der Waals surface area contributed by atoms with Crippen molar-refractivity contribution in [3.05, 3.63) is 40.3 Å². The molecule has 2 aliphatic rings. The van der Waals surface area contributed by atoms with Crippen LogP contribution in [0.3, 0.4) is 0 Å². The maximum Gasteiger partial charge on any atom is 0.0960 e. The van der Waals surface area contributed by atoms with Gasteiger partial charge in [-0.25, -0.2) is 4.98 Å². The number of piperidine rings is 1. The second kappa shape index (κ2) is 6.49. The number of nitrogens with one attached hydrogen (secondary N) is 1. The number of aromatic nitrogens is 1. The molecule has 1 saturated carbocycles. The number of thiazole rings is 1. The predicted molar refractivity (Wildman–Crippen MR) is 95.3 cm³/mol. The molecule has 0 bridgehead atoms. The second-order valence-electron chi connectivity index (χ2n) is 6.54. The minimum absolute atomic E-state index is 0.137. The number of benzene rings is 1. The molecule has 1 aliphatic heterocycles. The largest absolute Gasteiger partial charge is 0.393 e. The van der Waals surface area contributed by atoms with Gasteiger partial charge in [-0.05, 0) is 37.8 Å². The number of rotatable bonds is 5. The van der Waals surface area contributed by atoms with Crippen LogP contribution in [0, 0.1) is 0 Å². The molecule has 2 heterocycles. The first-order valence-corrected chi connectivity index (χ1v) is 9.38. The van der Waals surface area contributed by atoms with Crippen LogP contribution < -0.4 is 10.2 Å². The van der Waals surface area contributed by atoms with Gasteiger partial charge in [-0.15, -0.1) is 11.3 Å². The predicted octanol–water partition coefficient (Wildman–Crippen LogP) is 3.59. The highest BCUT2D eigenvalue weighted by Gasteiger charge is 2.26. The summed E-state index contributed by atoms with van der Waals surface area (Å²) in [5, 5.41) is 16.7. The normalized spacial score (nSPS) is 19.1. The Morgan fingerprint density at radius 3 is 2.74 bits per heavy atom. The standard InChI is InChI=1S/C18H23N3OS/c22-15-7-9-21(10-8-15)17-4-2-1-3-16(17)19-11-14-12-23-18(20-14)13-5-6-13/h1-4,12-13,15,19,22H,5-11H2. The molecule has 2 fully saturated rings. The van der Waals surface area contributed by atoms with Gasteiger partial charge in [0, 0.05) is 24.4 Å². The molecule has 1 aromatic heterocycles. The zero-order chi connectivity index (χ0) is 15.6. The van der Waals surface area contributed by atoms with Crippen LogP contribution in [0.4, 0.5) is 11.4 Å². The Balaban J connectivity index is 1.43. The van der Waals surface area contributed by atoms with Crippen molar-refractivity contribution in [2.45, 2.75) is 44.2 Å². The second-order valence-corrected chi connectivity index (χ2v) is 7.43. The molecule has 0 unspecified atom stereocenters. The van der Waals surface area contributed by atoms with E-state index in [1.807, 2.05) is 0 Å². The maximum atomic E-state index is 9.70. The van der Waals surface area contributed by atoms with Gasteiger partial charge in [0.15, 0.2) is 0 Å². The first-order chi connectivity index (χ1) is 11.3. The van der Waals surface area contributed by atoms with Gasteiger partial charge in [0.25, 0.3) is 0 Å². The Bertz CT molecular complexity index is 660. The highest BCUT2D eigenvalue weighted by molar-refractivity contribution is 7.09. The summed E-state index contributed by atoms with van der Waals surface area (Å²) in [6.07, 6.45) is 4.19. The van der Waals surface area contributed by atoms with Crippen molar-refractivity contribution in [3.63, 3.8) is 0 Å². The third kappa shape index (κ3) is 3.51. The molecule has 4 nitrogen and oxygen atoms in total. The van der Waals surface area contributed by atoms with Gasteiger partial charge in [-0.1, -0.05) is 12.1 Å². The molecule has 1 aromatic carbocycles. The molecule has 0 atom stereocenters. The molecule has 2 N–H and O–H groups in total. The van der Waals surface area contributed by atoms with Gasteiger partial charge >= 0.3 is 0 Å². The zero-order valence-electron chi connectivity index (χ0n) is 13.2. The Kier molecular flexibility index (Phi) is 4.23. The number of nitrogens with zero attached hydrogens (tertiary/aromatic N) is 2. The molecular formula is C18H23N3OS. The monoisotopic (exact) mass is 329 g/mol. The first-order valence-electron chi connectivity index (χ1n) is 8.50. The zero-order valence-corrected chi connectivity index (χ0v) is 14.1. The molecule has 0 radical (unpaired) electrons. The summed E-state index contributed by atoms with van der Waals surface area (Å²) in [7, 11) is 0. The van der Waals surface area contributed by atoms with E-state index in [4.69, 9.17) is 4.98 Å². The van der Waals surface area contributed by atoms with Crippen LogP contribution in [0.5, 0.6) is 0 Å². The molecular weight excluding hydrogens is 306 g/mol. The van der Waals surface area contributed by atoms with Crippen LogP contribution >= 0.6 is 11.3 Å². The van der Waals surface area contributed by atoms with Crippen LogP contribution in [-0.2, 0) is 6.54 Å². The van der Waals surface area contributed by atoms with Crippen molar-refractivity contribution in [1.29, 1.82) is 0 Å². The maximum absolute atomic E-state index is 9.70. The number of para-hydroxylation sites is 2. The lowest BCUT2D eigenvalue weighted by Crippen LogP contribution is -2.36. The van der Waals surface area contributed by atoms with Crippen molar-refractivity contribution in [1.82, 2.24) is 4.98 Å². The molecule has 4 rings (SSSR count). The SMILES string of the molecule is OC1CCN(c2ccccc2NCc2csc(C3CC3)n2)CC1. The van der Waals surface area contributed by atoms with E-state index in [9.17, 15) is 5.11 Å². The summed E-state index contributed by atoms with van der Waals surface area (Å²) in [6.45, 7) is 2.61. The van der Waals surface area contributed by atoms with Gasteiger partial charge in [-0.3, -0.25) is 0 Å². The summed E-state index contributed by atoms with van der Waals surface area (Å²) in [4.78, 5) is 7.12. The van der Waals surface area contributed by atoms with E-state index in [2.05, 4.69) is 39.9 Å². The Morgan fingerprint density at radius 2 is 1.96 bits per heavy atom. The number of aliphatic hydroxyl groups excluding tert-OH is 1. The van der Waals surface area contributed by atoms with Gasteiger partial charge in [0.05, 0.1) is 34.7 Å². The van der Waals surface area contributed by atoms with E-state index in [1.54, 1.807) is 11.3 Å². The van der Waals surface area contributed by atoms with Crippen LogP contribution in [-0.4, -0.2) is 29.3 Å². The highest BCUT2D eigenvalue weighted by Crippen LogP contribution is 2.41. The van der Waals surface area contributed by atoms with E-state index in [1.165, 1.54) is 23.5 Å². The van der Waals surface area contributed by atoms with Crippen molar-refractivity contribution in [2.24, 2.45) is 0 Å². The molecule has 5 heteroatoms. The van der Waals surface area contributed by atoms with Crippen molar-refractivity contribution in [2.75, 3.05) is 23.3 Å². The molecule has 0 spiro atoms. The van der Waals surface area contributed by atoms with Crippen LogP contribution in [0.2, 0.25) is 0 Å². The molecule has 23 heavy (non-hydrogen) atoms. The smallest absolute Gasteiger partial charge is 0.0960 e. The van der Waals surface area contributed by atoms with Gasteiger partial charge in [0.2, 0.25) is 0 Å². The fraction of sp³-hybridized carbons (Fsp3) is 0.500. The van der Waals surface area contributed by atoms with E-state index < -0.39 is 0 Å². The lowest BCUT2D eigenvalue weighted by Gasteiger charge is -2.32. The summed E-state index contributed by atoms with van der Waals surface area (Å²) >= 11 is 1.80.